The van der Waals surface area contributed by atoms with Crippen molar-refractivity contribution in [3.05, 3.63) is 59.7 Å². The zero-order valence-corrected chi connectivity index (χ0v) is 16.0. The molecule has 148 valence electrons. The van der Waals surface area contributed by atoms with Gasteiger partial charge in [0.1, 0.15) is 24.7 Å². The Balaban J connectivity index is 1.52. The first-order valence-electron chi connectivity index (χ1n) is 9.50. The summed E-state index contributed by atoms with van der Waals surface area (Å²) in [6.07, 6.45) is 1.05. The zero-order chi connectivity index (χ0) is 19.9. The Kier molecular flexibility index (Phi) is 6.53. The zero-order valence-electron chi connectivity index (χ0n) is 16.0. The number of aryl methyl sites for hydroxylation is 1. The summed E-state index contributed by atoms with van der Waals surface area (Å²) in [5, 5.41) is 9.12. The molecule has 6 nitrogen and oxygen atoms in total. The summed E-state index contributed by atoms with van der Waals surface area (Å²) in [7, 11) is 0. The van der Waals surface area contributed by atoms with Gasteiger partial charge in [0.15, 0.2) is 0 Å². The van der Waals surface area contributed by atoms with Gasteiger partial charge < -0.3 is 19.5 Å². The number of likely N-dealkylation sites (tertiary alicyclic amines) is 1. The lowest BCUT2D eigenvalue weighted by atomic mass is 10.1. The van der Waals surface area contributed by atoms with Gasteiger partial charge in [-0.15, -0.1) is 0 Å². The fourth-order valence-electron chi connectivity index (χ4n) is 3.20. The lowest BCUT2D eigenvalue weighted by Crippen LogP contribution is -2.26. The molecule has 1 aliphatic heterocycles. The topological polar surface area (TPSA) is 76.1 Å². The van der Waals surface area contributed by atoms with Crippen LogP contribution in [0.15, 0.2) is 48.5 Å². The van der Waals surface area contributed by atoms with Crippen LogP contribution in [0, 0.1) is 5.92 Å². The van der Waals surface area contributed by atoms with E-state index in [2.05, 4.69) is 6.92 Å². The molecular formula is C22H25NO5. The van der Waals surface area contributed by atoms with Gasteiger partial charge >= 0.3 is 5.97 Å². The Labute approximate surface area is 164 Å². The number of benzene rings is 2. The van der Waals surface area contributed by atoms with Gasteiger partial charge in [0, 0.05) is 25.1 Å². The van der Waals surface area contributed by atoms with E-state index in [0.717, 1.165) is 17.7 Å². The standard InChI is InChI=1S/C22H25NO5/c1-2-16-7-9-19(10-8-16)27-11-12-28-20-6-4-3-5-17(20)14-23-15-18(22(25)26)13-21(23)24/h3-10,18H,2,11-15H2,1H3,(H,25,26). The molecule has 0 saturated carbocycles. The van der Waals surface area contributed by atoms with Gasteiger partial charge in [-0.1, -0.05) is 37.3 Å². The summed E-state index contributed by atoms with van der Waals surface area (Å²) in [4.78, 5) is 24.8. The van der Waals surface area contributed by atoms with Crippen LogP contribution in [0.2, 0.25) is 0 Å². The van der Waals surface area contributed by atoms with E-state index in [0.29, 0.717) is 25.5 Å². The second-order valence-corrected chi connectivity index (χ2v) is 6.82. The van der Waals surface area contributed by atoms with Crippen LogP contribution >= 0.6 is 0 Å². The van der Waals surface area contributed by atoms with Gasteiger partial charge in [-0.2, -0.15) is 0 Å². The molecule has 1 fully saturated rings. The third-order valence-corrected chi connectivity index (χ3v) is 4.84. The number of ether oxygens (including phenoxy) is 2. The van der Waals surface area contributed by atoms with Crippen LogP contribution in [0.3, 0.4) is 0 Å². The minimum atomic E-state index is -0.926. The molecule has 3 rings (SSSR count). The second-order valence-electron chi connectivity index (χ2n) is 6.82. The molecule has 1 atom stereocenters. The maximum atomic E-state index is 12.1. The number of carboxylic acids is 1. The molecule has 0 aromatic heterocycles. The molecule has 1 unspecified atom stereocenters. The highest BCUT2D eigenvalue weighted by Crippen LogP contribution is 2.25. The number of carbonyl (C=O) groups excluding carboxylic acids is 1. The molecule has 2 aromatic carbocycles. The molecule has 1 saturated heterocycles. The summed E-state index contributed by atoms with van der Waals surface area (Å²) in [5.74, 6) is -0.214. The van der Waals surface area contributed by atoms with E-state index in [1.165, 1.54) is 5.56 Å². The third kappa shape index (κ3) is 5.03. The van der Waals surface area contributed by atoms with Crippen molar-refractivity contribution in [3.63, 3.8) is 0 Å². The van der Waals surface area contributed by atoms with Crippen molar-refractivity contribution in [2.75, 3.05) is 19.8 Å². The number of aliphatic carboxylic acids is 1. The van der Waals surface area contributed by atoms with Crippen molar-refractivity contribution in [1.82, 2.24) is 4.90 Å². The minimum absolute atomic E-state index is 0.0586. The summed E-state index contributed by atoms with van der Waals surface area (Å²) in [6, 6.07) is 15.5. The van der Waals surface area contributed by atoms with Gasteiger partial charge in [-0.3, -0.25) is 9.59 Å². The van der Waals surface area contributed by atoms with Crippen LogP contribution < -0.4 is 9.47 Å². The quantitative estimate of drug-likeness (QED) is 0.673. The van der Waals surface area contributed by atoms with Crippen LogP contribution in [0.25, 0.3) is 0 Å². The molecule has 1 aliphatic rings. The molecule has 6 heteroatoms. The Bertz CT molecular complexity index is 818. The van der Waals surface area contributed by atoms with E-state index in [1.54, 1.807) is 4.90 Å². The van der Waals surface area contributed by atoms with Crippen molar-refractivity contribution in [2.24, 2.45) is 5.92 Å². The average Bonchev–Trinajstić information content (AvgIpc) is 3.07. The highest BCUT2D eigenvalue weighted by Gasteiger charge is 2.34. The molecular weight excluding hydrogens is 358 g/mol. The predicted octanol–water partition coefficient (Wildman–Crippen LogP) is 3.14. The lowest BCUT2D eigenvalue weighted by molar-refractivity contribution is -0.141. The van der Waals surface area contributed by atoms with Crippen molar-refractivity contribution in [1.29, 1.82) is 0 Å². The fraction of sp³-hybridized carbons (Fsp3) is 0.364. The minimum Gasteiger partial charge on any atom is -0.490 e. The Hall–Kier alpha value is -3.02. The number of hydrogen-bond acceptors (Lipinski definition) is 4. The molecule has 28 heavy (non-hydrogen) atoms. The molecule has 0 bridgehead atoms. The number of carbonyl (C=O) groups is 2. The maximum Gasteiger partial charge on any atom is 0.308 e. The van der Waals surface area contributed by atoms with Gasteiger partial charge in [0.25, 0.3) is 0 Å². The third-order valence-electron chi connectivity index (χ3n) is 4.84. The Morgan fingerprint density at radius 2 is 1.82 bits per heavy atom. The first-order chi connectivity index (χ1) is 13.6. The van der Waals surface area contributed by atoms with E-state index >= 15 is 0 Å². The molecule has 1 heterocycles. The first kappa shape index (κ1) is 19.7. The van der Waals surface area contributed by atoms with Gasteiger partial charge in [-0.05, 0) is 30.2 Å². The van der Waals surface area contributed by atoms with Crippen molar-refractivity contribution >= 4 is 11.9 Å². The summed E-state index contributed by atoms with van der Waals surface area (Å²) >= 11 is 0. The summed E-state index contributed by atoms with van der Waals surface area (Å²) in [5.41, 5.74) is 2.12. The van der Waals surface area contributed by atoms with Gasteiger partial charge in [-0.25, -0.2) is 0 Å². The van der Waals surface area contributed by atoms with Crippen LogP contribution in [0.4, 0.5) is 0 Å². The Morgan fingerprint density at radius 3 is 2.50 bits per heavy atom. The van der Waals surface area contributed by atoms with E-state index in [4.69, 9.17) is 14.6 Å². The molecule has 0 radical (unpaired) electrons. The maximum absolute atomic E-state index is 12.1. The monoisotopic (exact) mass is 383 g/mol. The van der Waals surface area contributed by atoms with Crippen LogP contribution in [-0.4, -0.2) is 41.6 Å². The molecule has 0 spiro atoms. The van der Waals surface area contributed by atoms with Crippen LogP contribution in [0.5, 0.6) is 11.5 Å². The van der Waals surface area contributed by atoms with Crippen molar-refractivity contribution in [2.45, 2.75) is 26.3 Å². The first-order valence-corrected chi connectivity index (χ1v) is 9.50. The normalized spacial score (nSPS) is 16.2. The summed E-state index contributed by atoms with van der Waals surface area (Å²) in [6.45, 7) is 3.47. The van der Waals surface area contributed by atoms with E-state index in [1.807, 2.05) is 48.5 Å². The van der Waals surface area contributed by atoms with Gasteiger partial charge in [0.2, 0.25) is 5.91 Å². The molecule has 0 aliphatic carbocycles. The number of amides is 1. The fourth-order valence-corrected chi connectivity index (χ4v) is 3.20. The number of nitrogens with zero attached hydrogens (tertiary/aromatic N) is 1. The molecule has 1 amide bonds. The SMILES string of the molecule is CCc1ccc(OCCOc2ccccc2CN2CC(C(=O)O)CC2=O)cc1. The molecule has 2 aromatic rings. The smallest absolute Gasteiger partial charge is 0.308 e. The van der Waals surface area contributed by atoms with Crippen LogP contribution in [0.1, 0.15) is 24.5 Å². The highest BCUT2D eigenvalue weighted by atomic mass is 16.5. The largest absolute Gasteiger partial charge is 0.490 e. The average molecular weight is 383 g/mol. The van der Waals surface area contributed by atoms with Crippen molar-refractivity contribution < 1.29 is 24.2 Å². The van der Waals surface area contributed by atoms with Crippen molar-refractivity contribution in [3.8, 4) is 11.5 Å². The number of rotatable bonds is 9. The number of hydrogen-bond donors (Lipinski definition) is 1. The van der Waals surface area contributed by atoms with E-state index in [-0.39, 0.29) is 18.9 Å². The number of carboxylic acid groups (broad SMARTS) is 1. The van der Waals surface area contributed by atoms with Gasteiger partial charge in [0.05, 0.1) is 5.92 Å². The van der Waals surface area contributed by atoms with E-state index in [9.17, 15) is 9.59 Å². The summed E-state index contributed by atoms with van der Waals surface area (Å²) < 4.78 is 11.5. The molecule has 1 N–H and O–H groups in total. The number of para-hydroxylation sites is 1. The Morgan fingerprint density at radius 1 is 1.11 bits per heavy atom. The predicted molar refractivity (Wildman–Crippen MR) is 104 cm³/mol. The highest BCUT2D eigenvalue weighted by molar-refractivity contribution is 5.86. The lowest BCUT2D eigenvalue weighted by Gasteiger charge is -2.18. The van der Waals surface area contributed by atoms with Crippen LogP contribution in [-0.2, 0) is 22.6 Å². The van der Waals surface area contributed by atoms with E-state index < -0.39 is 11.9 Å². The second kappa shape index (κ2) is 9.26.